The standard InChI is InChI=1S/C23H19Cl2N3O2S/c1-13-7-8-18(9-14(13)2)26-22(30)19-5-3-4-6-20(19)27-23(31)28-21(29)15-10-16(24)12-17(25)11-15/h3-12H,1-2H3,(H,26,30)(H2,27,28,29,31). The normalized spacial score (nSPS) is 10.3. The summed E-state index contributed by atoms with van der Waals surface area (Å²) in [5.41, 5.74) is 4.01. The van der Waals surface area contributed by atoms with Gasteiger partial charge in [-0.3, -0.25) is 14.9 Å². The molecule has 0 spiro atoms. The first-order chi connectivity index (χ1) is 14.7. The molecule has 0 fully saturated rings. The molecule has 3 rings (SSSR count). The Morgan fingerprint density at radius 3 is 2.16 bits per heavy atom. The Morgan fingerprint density at radius 1 is 0.806 bits per heavy atom. The minimum Gasteiger partial charge on any atom is -0.332 e. The smallest absolute Gasteiger partial charge is 0.257 e. The zero-order valence-corrected chi connectivity index (χ0v) is 19.1. The Bertz CT molecular complexity index is 1160. The van der Waals surface area contributed by atoms with Gasteiger partial charge in [0.05, 0.1) is 11.3 Å². The first-order valence-electron chi connectivity index (χ1n) is 9.29. The molecule has 0 saturated heterocycles. The summed E-state index contributed by atoms with van der Waals surface area (Å²) in [4.78, 5) is 25.3. The van der Waals surface area contributed by atoms with Gasteiger partial charge in [-0.2, -0.15) is 0 Å². The van der Waals surface area contributed by atoms with Gasteiger partial charge in [-0.05, 0) is 79.7 Å². The number of rotatable bonds is 4. The predicted octanol–water partition coefficient (Wildman–Crippen LogP) is 5.99. The topological polar surface area (TPSA) is 70.2 Å². The van der Waals surface area contributed by atoms with Crippen LogP contribution in [0.4, 0.5) is 11.4 Å². The van der Waals surface area contributed by atoms with E-state index in [1.807, 2.05) is 32.0 Å². The lowest BCUT2D eigenvalue weighted by Gasteiger charge is -2.14. The van der Waals surface area contributed by atoms with Crippen molar-refractivity contribution in [3.8, 4) is 0 Å². The van der Waals surface area contributed by atoms with E-state index in [1.165, 1.54) is 18.2 Å². The molecule has 5 nitrogen and oxygen atoms in total. The van der Waals surface area contributed by atoms with E-state index in [0.29, 0.717) is 27.0 Å². The molecular weight excluding hydrogens is 453 g/mol. The van der Waals surface area contributed by atoms with Crippen LogP contribution in [-0.4, -0.2) is 16.9 Å². The van der Waals surface area contributed by atoms with Gasteiger partial charge in [-0.15, -0.1) is 0 Å². The van der Waals surface area contributed by atoms with Crippen molar-refractivity contribution in [3.63, 3.8) is 0 Å². The molecule has 0 heterocycles. The lowest BCUT2D eigenvalue weighted by molar-refractivity contribution is 0.0976. The second-order valence-corrected chi connectivity index (χ2v) is 8.15. The monoisotopic (exact) mass is 471 g/mol. The van der Waals surface area contributed by atoms with Crippen LogP contribution < -0.4 is 16.0 Å². The van der Waals surface area contributed by atoms with Crippen LogP contribution >= 0.6 is 35.4 Å². The molecule has 0 bridgehead atoms. The van der Waals surface area contributed by atoms with Gasteiger partial charge in [-0.1, -0.05) is 41.4 Å². The summed E-state index contributed by atoms with van der Waals surface area (Å²) in [6, 6.07) is 17.1. The Labute approximate surface area is 195 Å². The fourth-order valence-electron chi connectivity index (χ4n) is 2.82. The third kappa shape index (κ3) is 6.04. The summed E-state index contributed by atoms with van der Waals surface area (Å²) < 4.78 is 0. The molecule has 0 aliphatic rings. The number of aryl methyl sites for hydroxylation is 2. The minimum atomic E-state index is -0.473. The van der Waals surface area contributed by atoms with E-state index >= 15 is 0 Å². The molecule has 0 saturated carbocycles. The largest absolute Gasteiger partial charge is 0.332 e. The summed E-state index contributed by atoms with van der Waals surface area (Å²) in [5, 5.41) is 9.05. The Morgan fingerprint density at radius 2 is 1.48 bits per heavy atom. The van der Waals surface area contributed by atoms with Crippen molar-refractivity contribution in [2.75, 3.05) is 10.6 Å². The van der Waals surface area contributed by atoms with Crippen molar-refractivity contribution >= 4 is 63.7 Å². The number of carbonyl (C=O) groups excluding carboxylic acids is 2. The van der Waals surface area contributed by atoms with Gasteiger partial charge in [-0.25, -0.2) is 0 Å². The highest BCUT2D eigenvalue weighted by atomic mass is 35.5. The van der Waals surface area contributed by atoms with Crippen LogP contribution in [0.2, 0.25) is 10.0 Å². The molecule has 0 aromatic heterocycles. The van der Waals surface area contributed by atoms with Crippen molar-refractivity contribution < 1.29 is 9.59 Å². The number of amides is 2. The van der Waals surface area contributed by atoms with Crippen LogP contribution in [0.3, 0.4) is 0 Å². The van der Waals surface area contributed by atoms with Crippen molar-refractivity contribution in [1.82, 2.24) is 5.32 Å². The highest BCUT2D eigenvalue weighted by Gasteiger charge is 2.15. The van der Waals surface area contributed by atoms with Crippen LogP contribution in [0.5, 0.6) is 0 Å². The average Bonchev–Trinajstić information content (AvgIpc) is 2.70. The van der Waals surface area contributed by atoms with E-state index in [0.717, 1.165) is 11.1 Å². The molecule has 0 aliphatic heterocycles. The van der Waals surface area contributed by atoms with E-state index < -0.39 is 5.91 Å². The van der Waals surface area contributed by atoms with Gasteiger partial charge in [0, 0.05) is 21.3 Å². The van der Waals surface area contributed by atoms with Gasteiger partial charge < -0.3 is 10.6 Å². The number of hydrogen-bond acceptors (Lipinski definition) is 3. The molecular formula is C23H19Cl2N3O2S. The summed E-state index contributed by atoms with van der Waals surface area (Å²) in [6.07, 6.45) is 0. The van der Waals surface area contributed by atoms with Crippen LogP contribution in [0.1, 0.15) is 31.8 Å². The molecule has 3 aromatic rings. The van der Waals surface area contributed by atoms with Crippen LogP contribution in [0.25, 0.3) is 0 Å². The lowest BCUT2D eigenvalue weighted by atomic mass is 10.1. The zero-order chi connectivity index (χ0) is 22.5. The molecule has 0 unspecified atom stereocenters. The van der Waals surface area contributed by atoms with Gasteiger partial charge in [0.15, 0.2) is 5.11 Å². The summed E-state index contributed by atoms with van der Waals surface area (Å²) in [5.74, 6) is -0.777. The number of anilines is 2. The van der Waals surface area contributed by atoms with E-state index in [-0.39, 0.29) is 16.6 Å². The number of halogens is 2. The molecule has 0 aliphatic carbocycles. The second kappa shape index (κ2) is 9.92. The summed E-state index contributed by atoms with van der Waals surface area (Å²) >= 11 is 17.1. The maximum Gasteiger partial charge on any atom is 0.257 e. The molecule has 3 N–H and O–H groups in total. The van der Waals surface area contributed by atoms with Gasteiger partial charge in [0.25, 0.3) is 11.8 Å². The van der Waals surface area contributed by atoms with Crippen molar-refractivity contribution in [3.05, 3.63) is 93.0 Å². The van der Waals surface area contributed by atoms with Crippen molar-refractivity contribution in [2.24, 2.45) is 0 Å². The quantitative estimate of drug-likeness (QED) is 0.408. The highest BCUT2D eigenvalue weighted by molar-refractivity contribution is 7.80. The molecule has 31 heavy (non-hydrogen) atoms. The van der Waals surface area contributed by atoms with E-state index in [4.69, 9.17) is 35.4 Å². The molecule has 158 valence electrons. The third-order valence-electron chi connectivity index (χ3n) is 4.54. The predicted molar refractivity (Wildman–Crippen MR) is 130 cm³/mol. The fraction of sp³-hybridized carbons (Fsp3) is 0.0870. The van der Waals surface area contributed by atoms with E-state index in [2.05, 4.69) is 16.0 Å². The Kier molecular flexibility index (Phi) is 7.28. The minimum absolute atomic E-state index is 0.0347. The number of benzene rings is 3. The number of nitrogens with one attached hydrogen (secondary N) is 3. The number of hydrogen-bond donors (Lipinski definition) is 3. The molecule has 2 amide bonds. The van der Waals surface area contributed by atoms with Gasteiger partial charge in [0.1, 0.15) is 0 Å². The lowest BCUT2D eigenvalue weighted by Crippen LogP contribution is -2.34. The number of carbonyl (C=O) groups is 2. The van der Waals surface area contributed by atoms with Crippen LogP contribution in [-0.2, 0) is 0 Å². The molecule has 0 atom stereocenters. The fourth-order valence-corrected chi connectivity index (χ4v) is 3.55. The molecule has 0 radical (unpaired) electrons. The second-order valence-electron chi connectivity index (χ2n) is 6.87. The number of para-hydroxylation sites is 1. The summed E-state index contributed by atoms with van der Waals surface area (Å²) in [7, 11) is 0. The Hall–Kier alpha value is -2.93. The Balaban J connectivity index is 1.72. The highest BCUT2D eigenvalue weighted by Crippen LogP contribution is 2.21. The van der Waals surface area contributed by atoms with E-state index in [9.17, 15) is 9.59 Å². The van der Waals surface area contributed by atoms with Crippen LogP contribution in [0, 0.1) is 13.8 Å². The summed E-state index contributed by atoms with van der Waals surface area (Å²) in [6.45, 7) is 3.99. The maximum atomic E-state index is 12.8. The molecule has 8 heteroatoms. The third-order valence-corrected chi connectivity index (χ3v) is 5.18. The van der Waals surface area contributed by atoms with Crippen molar-refractivity contribution in [1.29, 1.82) is 0 Å². The first kappa shape index (κ1) is 22.7. The molecule has 3 aromatic carbocycles. The van der Waals surface area contributed by atoms with Gasteiger partial charge in [0.2, 0.25) is 0 Å². The first-order valence-corrected chi connectivity index (χ1v) is 10.5. The zero-order valence-electron chi connectivity index (χ0n) is 16.8. The van der Waals surface area contributed by atoms with Crippen LogP contribution in [0.15, 0.2) is 60.7 Å². The van der Waals surface area contributed by atoms with Crippen molar-refractivity contribution in [2.45, 2.75) is 13.8 Å². The number of thiocarbonyl (C=S) groups is 1. The van der Waals surface area contributed by atoms with E-state index in [1.54, 1.807) is 24.3 Å². The average molecular weight is 472 g/mol. The van der Waals surface area contributed by atoms with Gasteiger partial charge >= 0.3 is 0 Å². The SMILES string of the molecule is Cc1ccc(NC(=O)c2ccccc2NC(=S)NC(=O)c2cc(Cl)cc(Cl)c2)cc1C. The maximum absolute atomic E-state index is 12.8.